The minimum absolute atomic E-state index is 0.293. The van der Waals surface area contributed by atoms with Crippen LogP contribution in [0.3, 0.4) is 0 Å². The molecule has 0 fully saturated rings. The lowest BCUT2D eigenvalue weighted by atomic mass is 9.77. The maximum Gasteiger partial charge on any atom is 0.340 e. The van der Waals surface area contributed by atoms with Crippen molar-refractivity contribution in [2.24, 2.45) is 5.11 Å². The van der Waals surface area contributed by atoms with E-state index in [4.69, 9.17) is 15.0 Å². The average Bonchev–Trinajstić information content (AvgIpc) is 3.19. The van der Waals surface area contributed by atoms with Crippen LogP contribution < -0.4 is 19.9 Å². The van der Waals surface area contributed by atoms with Crippen LogP contribution in [0.5, 0.6) is 11.5 Å². The fourth-order valence-corrected chi connectivity index (χ4v) is 4.90. The largest absolute Gasteiger partial charge is 0.456 e. The number of amides is 1. The third-order valence-electron chi connectivity index (χ3n) is 6.85. The summed E-state index contributed by atoms with van der Waals surface area (Å²) in [5, 5.41) is 6.26. The van der Waals surface area contributed by atoms with Crippen LogP contribution in [0.15, 0.2) is 59.7 Å². The Balaban J connectivity index is 1.61. The summed E-state index contributed by atoms with van der Waals surface area (Å²) in [7, 11) is 7.80. The molecule has 0 unspecified atom stereocenters. The molecule has 2 heterocycles. The van der Waals surface area contributed by atoms with Gasteiger partial charge in [-0.15, -0.1) is 0 Å². The van der Waals surface area contributed by atoms with Gasteiger partial charge in [-0.3, -0.25) is 4.79 Å². The number of hydrogen-bond donors (Lipinski definition) is 1. The highest BCUT2D eigenvalue weighted by molar-refractivity contribution is 6.01. The number of rotatable bonds is 7. The molecule has 3 aromatic rings. The predicted molar refractivity (Wildman–Crippen MR) is 144 cm³/mol. The number of benzene rings is 3. The first-order valence-electron chi connectivity index (χ1n) is 12.2. The SMILES string of the molecule is CN(C)c1ccc2c(c1)Oc1cc(N(C)C)ccc1C21OC(=O)c2cc(C(=O)NCCCN=[N+]=[N-])ccc21. The van der Waals surface area contributed by atoms with Gasteiger partial charge in [0.1, 0.15) is 11.5 Å². The maximum atomic E-state index is 13.4. The molecule has 3 aromatic carbocycles. The molecule has 2 aliphatic heterocycles. The molecule has 0 saturated carbocycles. The first-order valence-corrected chi connectivity index (χ1v) is 12.2. The lowest BCUT2D eigenvalue weighted by molar-refractivity contribution is 0.0224. The molecule has 1 spiro atoms. The first kappa shape index (κ1) is 25.0. The van der Waals surface area contributed by atoms with E-state index >= 15 is 0 Å². The molecule has 0 bridgehead atoms. The molecular weight excluding hydrogens is 484 g/mol. The van der Waals surface area contributed by atoms with Gasteiger partial charge in [0.05, 0.1) is 5.56 Å². The van der Waals surface area contributed by atoms with E-state index < -0.39 is 11.6 Å². The Morgan fingerprint density at radius 1 is 0.947 bits per heavy atom. The summed E-state index contributed by atoms with van der Waals surface area (Å²) in [4.78, 5) is 32.8. The van der Waals surface area contributed by atoms with E-state index in [-0.39, 0.29) is 5.91 Å². The van der Waals surface area contributed by atoms with Gasteiger partial charge >= 0.3 is 5.97 Å². The van der Waals surface area contributed by atoms with E-state index in [9.17, 15) is 9.59 Å². The Morgan fingerprint density at radius 2 is 1.55 bits per heavy atom. The molecule has 5 rings (SSSR count). The minimum Gasteiger partial charge on any atom is -0.456 e. The van der Waals surface area contributed by atoms with E-state index in [1.165, 1.54) is 0 Å². The van der Waals surface area contributed by atoms with Crippen LogP contribution in [0.4, 0.5) is 11.4 Å². The van der Waals surface area contributed by atoms with Gasteiger partial charge in [-0.05, 0) is 48.4 Å². The second-order valence-corrected chi connectivity index (χ2v) is 9.65. The Bertz CT molecular complexity index is 1440. The Labute approximate surface area is 220 Å². The summed E-state index contributed by atoms with van der Waals surface area (Å²) in [6.07, 6.45) is 0.517. The zero-order valence-electron chi connectivity index (χ0n) is 21.7. The monoisotopic (exact) mass is 512 g/mol. The summed E-state index contributed by atoms with van der Waals surface area (Å²) in [6, 6.07) is 16.7. The second-order valence-electron chi connectivity index (χ2n) is 9.65. The third kappa shape index (κ3) is 4.05. The molecule has 0 radical (unpaired) electrons. The second kappa shape index (κ2) is 9.64. The van der Waals surface area contributed by atoms with E-state index in [2.05, 4.69) is 15.3 Å². The summed E-state index contributed by atoms with van der Waals surface area (Å²) >= 11 is 0. The number of nitrogens with zero attached hydrogens (tertiary/aromatic N) is 5. The Hall–Kier alpha value is -4.69. The number of esters is 1. The first-order chi connectivity index (χ1) is 18.3. The molecular formula is C28H28N6O4. The zero-order valence-corrected chi connectivity index (χ0v) is 21.7. The third-order valence-corrected chi connectivity index (χ3v) is 6.85. The summed E-state index contributed by atoms with van der Waals surface area (Å²) < 4.78 is 12.6. The lowest BCUT2D eigenvalue weighted by Gasteiger charge is -2.37. The molecule has 0 atom stereocenters. The van der Waals surface area contributed by atoms with Crippen molar-refractivity contribution in [2.45, 2.75) is 12.0 Å². The normalized spacial score (nSPS) is 13.8. The highest BCUT2D eigenvalue weighted by Crippen LogP contribution is 2.57. The van der Waals surface area contributed by atoms with E-state index in [0.717, 1.165) is 22.5 Å². The smallest absolute Gasteiger partial charge is 0.340 e. The van der Waals surface area contributed by atoms with Crippen molar-refractivity contribution in [2.75, 3.05) is 51.1 Å². The van der Waals surface area contributed by atoms with Crippen LogP contribution in [-0.2, 0) is 10.3 Å². The zero-order chi connectivity index (χ0) is 27.0. The van der Waals surface area contributed by atoms with E-state index in [1.807, 2.05) is 74.4 Å². The Morgan fingerprint density at radius 3 is 2.13 bits per heavy atom. The molecule has 10 heteroatoms. The predicted octanol–water partition coefficient (Wildman–Crippen LogP) is 4.82. The average molecular weight is 513 g/mol. The number of anilines is 2. The molecule has 10 nitrogen and oxygen atoms in total. The van der Waals surface area contributed by atoms with Crippen LogP contribution in [0, 0.1) is 0 Å². The fraction of sp³-hybridized carbons (Fsp3) is 0.286. The van der Waals surface area contributed by atoms with Gasteiger partial charge in [0.15, 0.2) is 5.60 Å². The van der Waals surface area contributed by atoms with Gasteiger partial charge in [0, 0.05) is 92.0 Å². The van der Waals surface area contributed by atoms with Gasteiger partial charge < -0.3 is 24.6 Å². The van der Waals surface area contributed by atoms with Crippen LogP contribution >= 0.6 is 0 Å². The number of nitrogens with one attached hydrogen (secondary N) is 1. The minimum atomic E-state index is -1.21. The van der Waals surface area contributed by atoms with Crippen molar-refractivity contribution < 1.29 is 19.1 Å². The van der Waals surface area contributed by atoms with Crippen molar-refractivity contribution in [1.29, 1.82) is 0 Å². The molecule has 0 aromatic heterocycles. The quantitative estimate of drug-likeness (QED) is 0.159. The van der Waals surface area contributed by atoms with Gasteiger partial charge in [0.25, 0.3) is 5.91 Å². The van der Waals surface area contributed by atoms with Crippen LogP contribution in [-0.4, -0.2) is 53.2 Å². The standard InChI is InChI=1S/C28H28N6O4/c1-33(2)18-7-10-22-24(15-18)37-25-16-19(34(3)4)8-11-23(25)28(22)21-9-6-17(14-20(21)27(36)38-28)26(35)30-12-5-13-31-32-29/h6-11,14-16H,5,12-13H2,1-4H3,(H,30,35). The summed E-state index contributed by atoms with van der Waals surface area (Å²) in [6.45, 7) is 0.644. The number of fused-ring (bicyclic) bond motifs is 6. The van der Waals surface area contributed by atoms with Gasteiger partial charge in [-0.2, -0.15) is 0 Å². The van der Waals surface area contributed by atoms with Crippen LogP contribution in [0.25, 0.3) is 10.4 Å². The Kier molecular flexibility index (Phi) is 6.34. The highest BCUT2D eigenvalue weighted by atomic mass is 16.6. The van der Waals surface area contributed by atoms with Gasteiger partial charge in [0.2, 0.25) is 0 Å². The molecule has 1 N–H and O–H groups in total. The fourth-order valence-electron chi connectivity index (χ4n) is 4.90. The van der Waals surface area contributed by atoms with Crippen molar-refractivity contribution in [3.8, 4) is 11.5 Å². The van der Waals surface area contributed by atoms with Crippen LogP contribution in [0.2, 0.25) is 0 Å². The van der Waals surface area contributed by atoms with Crippen molar-refractivity contribution in [3.63, 3.8) is 0 Å². The molecule has 0 aliphatic carbocycles. The van der Waals surface area contributed by atoms with Crippen molar-refractivity contribution >= 4 is 23.3 Å². The molecule has 0 saturated heterocycles. The number of carbonyl (C=O) groups is 2. The van der Waals surface area contributed by atoms with Gasteiger partial charge in [-0.1, -0.05) is 11.2 Å². The van der Waals surface area contributed by atoms with Crippen molar-refractivity contribution in [3.05, 3.63) is 92.9 Å². The molecule has 194 valence electrons. The molecule has 2 aliphatic rings. The highest BCUT2D eigenvalue weighted by Gasteiger charge is 2.53. The van der Waals surface area contributed by atoms with Crippen molar-refractivity contribution in [1.82, 2.24) is 5.32 Å². The summed E-state index contributed by atoms with van der Waals surface area (Å²) in [5.41, 5.74) is 11.8. The molecule has 1 amide bonds. The van der Waals surface area contributed by atoms with Crippen LogP contribution in [0.1, 0.15) is 43.8 Å². The summed E-state index contributed by atoms with van der Waals surface area (Å²) in [5.74, 6) is 0.371. The maximum absolute atomic E-state index is 13.4. The van der Waals surface area contributed by atoms with E-state index in [0.29, 0.717) is 47.7 Å². The molecule has 38 heavy (non-hydrogen) atoms. The number of hydrogen-bond acceptors (Lipinski definition) is 7. The number of carbonyl (C=O) groups excluding carboxylic acids is 2. The van der Waals surface area contributed by atoms with E-state index in [1.54, 1.807) is 18.2 Å². The topological polar surface area (TPSA) is 120 Å². The van der Waals surface area contributed by atoms with Gasteiger partial charge in [-0.25, -0.2) is 4.79 Å². The number of ether oxygens (including phenoxy) is 2. The lowest BCUT2D eigenvalue weighted by Crippen LogP contribution is -2.33. The number of azide groups is 1.